The van der Waals surface area contributed by atoms with Gasteiger partial charge in [-0.1, -0.05) is 188 Å². The molecule has 13 aromatic rings. The first kappa shape index (κ1) is 36.5. The Hall–Kier alpha value is -8.18. The Bertz CT molecular complexity index is 3790. The van der Waals surface area contributed by atoms with Crippen molar-refractivity contribution >= 4 is 94.4 Å². The maximum atomic E-state index is 6.52. The molecule has 3 heterocycles. The highest BCUT2D eigenvalue weighted by Gasteiger charge is 2.41. The Morgan fingerprint density at radius 1 is 0.328 bits per heavy atom. The summed E-state index contributed by atoms with van der Waals surface area (Å²) in [5.74, 6) is 0. The molecule has 0 aliphatic rings. The van der Waals surface area contributed by atoms with Crippen LogP contribution in [-0.2, 0) is 0 Å². The normalized spacial score (nSPS) is 12.1. The molecule has 13 rings (SSSR count). The smallest absolute Gasteiger partial charge is 0.179 e. The van der Waals surface area contributed by atoms with Crippen molar-refractivity contribution in [2.45, 2.75) is 0 Å². The predicted octanol–water partition coefficient (Wildman–Crippen LogP) is 12.8. The number of hydrogen-bond donors (Lipinski definition) is 0. The number of rotatable bonds is 7. The number of benzene rings is 10. The van der Waals surface area contributed by atoms with Crippen molar-refractivity contribution in [2.75, 3.05) is 0 Å². The van der Waals surface area contributed by atoms with Gasteiger partial charge in [0.05, 0.1) is 27.8 Å². The van der Waals surface area contributed by atoms with Crippen molar-refractivity contribution in [1.82, 2.24) is 9.13 Å². The topological polar surface area (TPSA) is 23.0 Å². The Morgan fingerprint density at radius 3 is 1.53 bits per heavy atom. The van der Waals surface area contributed by atoms with Crippen LogP contribution in [-0.4, -0.2) is 17.2 Å². The number of furan rings is 1. The zero-order chi connectivity index (χ0) is 42.2. The minimum atomic E-state index is -2.68. The number of hydrogen-bond acceptors (Lipinski definition) is 1. The first-order valence-corrected chi connectivity index (χ1v) is 24.0. The summed E-state index contributed by atoms with van der Waals surface area (Å²) in [4.78, 5) is 0. The second kappa shape index (κ2) is 14.5. The zero-order valence-electron chi connectivity index (χ0n) is 34.9. The lowest BCUT2D eigenvalue weighted by Gasteiger charge is -2.34. The highest BCUT2D eigenvalue weighted by Crippen LogP contribution is 2.42. The molecule has 0 fully saturated rings. The van der Waals surface area contributed by atoms with E-state index in [0.717, 1.165) is 44.4 Å². The van der Waals surface area contributed by atoms with Crippen LogP contribution < -0.4 is 20.7 Å². The van der Waals surface area contributed by atoms with E-state index in [9.17, 15) is 0 Å². The lowest BCUT2D eigenvalue weighted by atomic mass is 10.0. The molecule has 0 saturated heterocycles. The quantitative estimate of drug-likeness (QED) is 0.116. The number of nitrogens with zero attached hydrogens (tertiary/aromatic N) is 2. The van der Waals surface area contributed by atoms with Crippen LogP contribution in [0.15, 0.2) is 247 Å². The molecule has 10 aromatic carbocycles. The molecule has 0 aliphatic heterocycles. The summed E-state index contributed by atoms with van der Waals surface area (Å²) in [5.41, 5.74) is 11.0. The van der Waals surface area contributed by atoms with Crippen molar-refractivity contribution in [2.24, 2.45) is 0 Å². The van der Waals surface area contributed by atoms with Gasteiger partial charge in [-0.2, -0.15) is 0 Å². The maximum absolute atomic E-state index is 6.52. The molecule has 3 aromatic heterocycles. The minimum absolute atomic E-state index is 0.910. The molecule has 0 aliphatic carbocycles. The summed E-state index contributed by atoms with van der Waals surface area (Å²) in [6, 6.07) is 89.1. The highest BCUT2D eigenvalue weighted by molar-refractivity contribution is 7.19. The van der Waals surface area contributed by atoms with Gasteiger partial charge >= 0.3 is 0 Å². The Labute approximate surface area is 371 Å². The largest absolute Gasteiger partial charge is 0.455 e. The molecule has 3 nitrogen and oxygen atoms in total. The molecule has 0 bridgehead atoms. The molecule has 4 heteroatoms. The van der Waals surface area contributed by atoms with E-state index in [1.807, 2.05) is 6.07 Å². The van der Waals surface area contributed by atoms with Gasteiger partial charge in [-0.25, -0.2) is 0 Å². The van der Waals surface area contributed by atoms with Gasteiger partial charge in [-0.05, 0) is 80.9 Å². The second-order valence-corrected chi connectivity index (χ2v) is 20.6. The van der Waals surface area contributed by atoms with Gasteiger partial charge in [0.2, 0.25) is 0 Å². The van der Waals surface area contributed by atoms with Crippen molar-refractivity contribution in [1.29, 1.82) is 0 Å². The van der Waals surface area contributed by atoms with Crippen molar-refractivity contribution in [3.05, 3.63) is 243 Å². The molecule has 300 valence electrons. The van der Waals surface area contributed by atoms with Gasteiger partial charge < -0.3 is 13.6 Å². The van der Waals surface area contributed by atoms with Gasteiger partial charge in [0.1, 0.15) is 11.2 Å². The van der Waals surface area contributed by atoms with Crippen molar-refractivity contribution in [3.8, 4) is 22.5 Å². The highest BCUT2D eigenvalue weighted by atomic mass is 28.3. The third kappa shape index (κ3) is 5.33. The van der Waals surface area contributed by atoms with Crippen molar-refractivity contribution < 1.29 is 4.42 Å². The summed E-state index contributed by atoms with van der Waals surface area (Å²) < 4.78 is 11.4. The van der Waals surface area contributed by atoms with E-state index in [1.165, 1.54) is 64.4 Å². The van der Waals surface area contributed by atoms with Gasteiger partial charge in [-0.15, -0.1) is 0 Å². The monoisotopic (exact) mass is 832 g/mol. The second-order valence-electron chi connectivity index (χ2n) is 16.8. The molecular weight excluding hydrogens is 793 g/mol. The first-order chi connectivity index (χ1) is 31.8. The minimum Gasteiger partial charge on any atom is -0.455 e. The van der Waals surface area contributed by atoms with Crippen LogP contribution in [0.4, 0.5) is 0 Å². The molecule has 0 spiro atoms. The van der Waals surface area contributed by atoms with E-state index in [4.69, 9.17) is 4.42 Å². The summed E-state index contributed by atoms with van der Waals surface area (Å²) in [6.45, 7) is 0. The van der Waals surface area contributed by atoms with Crippen LogP contribution in [0.3, 0.4) is 0 Å². The fourth-order valence-corrected chi connectivity index (χ4v) is 15.5. The third-order valence-corrected chi connectivity index (χ3v) is 18.3. The summed E-state index contributed by atoms with van der Waals surface area (Å²) in [6.07, 6.45) is 0. The van der Waals surface area contributed by atoms with E-state index in [-0.39, 0.29) is 0 Å². The molecule has 0 amide bonds. The first-order valence-electron chi connectivity index (χ1n) is 22.0. The maximum Gasteiger partial charge on any atom is 0.179 e. The van der Waals surface area contributed by atoms with Gasteiger partial charge in [0.25, 0.3) is 0 Å². The van der Waals surface area contributed by atoms with E-state index < -0.39 is 8.07 Å². The molecule has 64 heavy (non-hydrogen) atoms. The van der Waals surface area contributed by atoms with E-state index >= 15 is 0 Å². The fraction of sp³-hybridized carbons (Fsp3) is 0. The average molecular weight is 833 g/mol. The van der Waals surface area contributed by atoms with Gasteiger partial charge in [-0.3, -0.25) is 0 Å². The standard InChI is InChI=1S/C60H40N2OSi/c1-4-18-43(19-5-1)64(44-20-6-2-7-21-44,45-22-8-3-9-23-45)46-37-35-42(36-38-46)61-54-30-14-11-26-51(54)59-56(61)31-17-32-57(59)62-53-29-13-10-24-48(53)52-40-41(34-39-55(52)62)47-27-16-28-50-49-25-12-15-33-58(49)63-60(47)50/h1-40H. The molecule has 0 radical (unpaired) electrons. The van der Waals surface area contributed by atoms with Crippen molar-refractivity contribution in [3.63, 3.8) is 0 Å². The summed E-state index contributed by atoms with van der Waals surface area (Å²) >= 11 is 0. The Morgan fingerprint density at radius 2 is 0.844 bits per heavy atom. The summed E-state index contributed by atoms with van der Waals surface area (Å²) in [7, 11) is -2.68. The fourth-order valence-electron chi connectivity index (χ4n) is 10.8. The lowest BCUT2D eigenvalue weighted by Crippen LogP contribution is -2.74. The molecule has 0 N–H and O–H groups in total. The number of aromatic nitrogens is 2. The lowest BCUT2D eigenvalue weighted by molar-refractivity contribution is 0.670. The summed E-state index contributed by atoms with van der Waals surface area (Å²) in [5, 5.41) is 12.6. The van der Waals surface area contributed by atoms with Crippen LogP contribution in [0.2, 0.25) is 0 Å². The Balaban J connectivity index is 1.00. The molecule has 0 atom stereocenters. The van der Waals surface area contributed by atoms with E-state index in [2.05, 4.69) is 246 Å². The number of fused-ring (bicyclic) bond motifs is 9. The molecule has 0 unspecified atom stereocenters. The average Bonchev–Trinajstić information content (AvgIpc) is 4.03. The SMILES string of the molecule is c1ccc([Si](c2ccccc2)(c2ccccc2)c2ccc(-n3c4ccccc4c4c(-n5c6ccccc6c6cc(-c7cccc8c7oc7ccccc78)ccc65)cccc43)cc2)cc1. The van der Waals surface area contributed by atoms with Crippen LogP contribution in [0.1, 0.15) is 0 Å². The number of para-hydroxylation sites is 4. The van der Waals surface area contributed by atoms with Crippen LogP contribution in [0.25, 0.3) is 88.1 Å². The van der Waals surface area contributed by atoms with Crippen LogP contribution in [0.5, 0.6) is 0 Å². The van der Waals surface area contributed by atoms with Crippen LogP contribution >= 0.6 is 0 Å². The van der Waals surface area contributed by atoms with E-state index in [1.54, 1.807) is 0 Å². The Kier molecular flexibility index (Phi) is 8.23. The molecular formula is C60H40N2OSi. The zero-order valence-corrected chi connectivity index (χ0v) is 35.9. The third-order valence-electron chi connectivity index (χ3n) is 13.5. The molecule has 0 saturated carbocycles. The predicted molar refractivity (Wildman–Crippen MR) is 271 cm³/mol. The van der Waals surface area contributed by atoms with Gasteiger partial charge in [0, 0.05) is 43.6 Å². The van der Waals surface area contributed by atoms with Crippen LogP contribution in [0, 0.1) is 0 Å². The van der Waals surface area contributed by atoms with E-state index in [0.29, 0.717) is 0 Å². The van der Waals surface area contributed by atoms with Gasteiger partial charge in [0.15, 0.2) is 8.07 Å².